The van der Waals surface area contributed by atoms with Crippen molar-refractivity contribution in [3.8, 4) is 0 Å². The van der Waals surface area contributed by atoms with Gasteiger partial charge in [0.1, 0.15) is 0 Å². The lowest BCUT2D eigenvalue weighted by molar-refractivity contribution is 0.171. The Bertz CT molecular complexity index is 271. The molecule has 1 N–H and O–H groups in total. The van der Waals surface area contributed by atoms with E-state index in [1.807, 2.05) is 6.20 Å². The largest absolute Gasteiger partial charge is 0.316 e. The third-order valence-electron chi connectivity index (χ3n) is 3.33. The van der Waals surface area contributed by atoms with Crippen LogP contribution in [0.5, 0.6) is 0 Å². The van der Waals surface area contributed by atoms with E-state index in [1.165, 1.54) is 43.8 Å². The van der Waals surface area contributed by atoms with E-state index in [4.69, 9.17) is 0 Å². The summed E-state index contributed by atoms with van der Waals surface area (Å²) in [6.07, 6.45) is 7.17. The van der Waals surface area contributed by atoms with Crippen LogP contribution in [-0.2, 0) is 6.42 Å². The highest BCUT2D eigenvalue weighted by Gasteiger charge is 2.30. The van der Waals surface area contributed by atoms with Crippen LogP contribution in [0, 0.1) is 11.8 Å². The van der Waals surface area contributed by atoms with E-state index in [9.17, 15) is 0 Å². The number of hydrogen-bond donors (Lipinski definition) is 1. The van der Waals surface area contributed by atoms with Crippen molar-refractivity contribution in [1.29, 1.82) is 0 Å². The molecule has 0 spiro atoms. The quantitative estimate of drug-likeness (QED) is 0.752. The van der Waals surface area contributed by atoms with Crippen molar-refractivity contribution < 1.29 is 0 Å². The van der Waals surface area contributed by atoms with Crippen LogP contribution in [0.4, 0.5) is 0 Å². The molecule has 0 amide bonds. The molecule has 0 radical (unpaired) electrons. The Balaban J connectivity index is 1.70. The predicted molar refractivity (Wildman–Crippen MR) is 65.2 cm³/mol. The molecule has 1 aliphatic rings. The molecule has 0 aliphatic heterocycles. The van der Waals surface area contributed by atoms with E-state index >= 15 is 0 Å². The Hall–Kier alpha value is -0.410. The van der Waals surface area contributed by atoms with E-state index in [2.05, 4.69) is 22.6 Å². The molecular formula is C12H20N2S. The molecule has 1 aromatic rings. The Kier molecular flexibility index (Phi) is 4.15. The normalized spacial score (nSPS) is 25.1. The number of aromatic nitrogens is 1. The molecule has 2 nitrogen and oxygen atoms in total. The van der Waals surface area contributed by atoms with Crippen molar-refractivity contribution in [2.75, 3.05) is 13.1 Å². The number of hydrogen-bond acceptors (Lipinski definition) is 3. The number of nitrogens with zero attached hydrogens (tertiary/aromatic N) is 1. The first-order valence-corrected chi connectivity index (χ1v) is 6.87. The van der Waals surface area contributed by atoms with Crippen molar-refractivity contribution in [1.82, 2.24) is 10.3 Å². The summed E-state index contributed by atoms with van der Waals surface area (Å²) in [6, 6.07) is 0. The molecule has 2 atom stereocenters. The zero-order valence-electron chi connectivity index (χ0n) is 9.41. The second kappa shape index (κ2) is 5.61. The zero-order valence-corrected chi connectivity index (χ0v) is 10.2. The molecular weight excluding hydrogens is 204 g/mol. The van der Waals surface area contributed by atoms with Gasteiger partial charge in [0.15, 0.2) is 0 Å². The van der Waals surface area contributed by atoms with Gasteiger partial charge in [-0.3, -0.25) is 0 Å². The summed E-state index contributed by atoms with van der Waals surface area (Å²) in [4.78, 5) is 4.37. The third kappa shape index (κ3) is 3.02. The van der Waals surface area contributed by atoms with Gasteiger partial charge in [-0.05, 0) is 44.2 Å². The molecule has 1 saturated carbocycles. The van der Waals surface area contributed by atoms with E-state index < -0.39 is 0 Å². The minimum Gasteiger partial charge on any atom is -0.316 e. The van der Waals surface area contributed by atoms with Crippen LogP contribution >= 0.6 is 11.3 Å². The molecule has 2 rings (SSSR count). The highest BCUT2D eigenvalue weighted by Crippen LogP contribution is 2.36. The summed E-state index contributed by atoms with van der Waals surface area (Å²) in [5.41, 5.74) is 0. The maximum absolute atomic E-state index is 4.37. The highest BCUT2D eigenvalue weighted by atomic mass is 32.1. The lowest BCUT2D eigenvalue weighted by Gasteiger charge is -2.36. The standard InChI is InChI=1S/C12H20N2S/c1-2-5-13-9-11-4-3-10(11)8-12-14-6-7-15-12/h6-7,10-11,13H,2-5,8-9H2,1H3. The summed E-state index contributed by atoms with van der Waals surface area (Å²) >= 11 is 1.80. The first-order chi connectivity index (χ1) is 7.40. The van der Waals surface area contributed by atoms with Crippen LogP contribution in [0.2, 0.25) is 0 Å². The van der Waals surface area contributed by atoms with Crippen molar-refractivity contribution in [2.45, 2.75) is 32.6 Å². The fourth-order valence-corrected chi connectivity index (χ4v) is 2.93. The zero-order chi connectivity index (χ0) is 10.5. The second-order valence-corrected chi connectivity index (χ2v) is 5.41. The molecule has 1 fully saturated rings. The van der Waals surface area contributed by atoms with E-state index in [1.54, 1.807) is 11.3 Å². The topological polar surface area (TPSA) is 24.9 Å². The van der Waals surface area contributed by atoms with Gasteiger partial charge in [-0.15, -0.1) is 11.3 Å². The first kappa shape index (κ1) is 11.1. The van der Waals surface area contributed by atoms with Crippen molar-refractivity contribution in [3.05, 3.63) is 16.6 Å². The van der Waals surface area contributed by atoms with Gasteiger partial charge in [0.25, 0.3) is 0 Å². The summed E-state index contributed by atoms with van der Waals surface area (Å²) in [7, 11) is 0. The van der Waals surface area contributed by atoms with Crippen molar-refractivity contribution >= 4 is 11.3 Å². The first-order valence-electron chi connectivity index (χ1n) is 5.99. The molecule has 1 heterocycles. The minimum atomic E-state index is 0.889. The molecule has 1 aliphatic carbocycles. The number of rotatable bonds is 6. The van der Waals surface area contributed by atoms with E-state index in [-0.39, 0.29) is 0 Å². The van der Waals surface area contributed by atoms with Gasteiger partial charge in [-0.1, -0.05) is 6.92 Å². The average Bonchev–Trinajstić information content (AvgIpc) is 2.72. The van der Waals surface area contributed by atoms with Crippen LogP contribution in [0.1, 0.15) is 31.2 Å². The number of thiazole rings is 1. The molecule has 1 aromatic heterocycles. The Labute approximate surface area is 96.1 Å². The van der Waals surface area contributed by atoms with Crippen molar-refractivity contribution in [2.24, 2.45) is 11.8 Å². The molecule has 0 saturated heterocycles. The van der Waals surface area contributed by atoms with Gasteiger partial charge < -0.3 is 5.32 Å². The van der Waals surface area contributed by atoms with Crippen LogP contribution in [-0.4, -0.2) is 18.1 Å². The minimum absolute atomic E-state index is 0.889. The van der Waals surface area contributed by atoms with Gasteiger partial charge in [0.2, 0.25) is 0 Å². The van der Waals surface area contributed by atoms with Gasteiger partial charge in [0.05, 0.1) is 5.01 Å². The average molecular weight is 224 g/mol. The SMILES string of the molecule is CCCNCC1CCC1Cc1nccs1. The lowest BCUT2D eigenvalue weighted by Crippen LogP contribution is -2.36. The monoisotopic (exact) mass is 224 g/mol. The predicted octanol–water partition coefficient (Wildman–Crippen LogP) is 2.71. The molecule has 3 heteroatoms. The van der Waals surface area contributed by atoms with Gasteiger partial charge in [0, 0.05) is 18.0 Å². The van der Waals surface area contributed by atoms with Crippen LogP contribution in [0.3, 0.4) is 0 Å². The lowest BCUT2D eigenvalue weighted by atomic mass is 9.72. The Morgan fingerprint density at radius 2 is 2.33 bits per heavy atom. The maximum Gasteiger partial charge on any atom is 0.0927 e. The molecule has 15 heavy (non-hydrogen) atoms. The van der Waals surface area contributed by atoms with Crippen molar-refractivity contribution in [3.63, 3.8) is 0 Å². The maximum atomic E-state index is 4.37. The Morgan fingerprint density at radius 1 is 1.47 bits per heavy atom. The summed E-state index contributed by atoms with van der Waals surface area (Å²) < 4.78 is 0. The molecule has 84 valence electrons. The highest BCUT2D eigenvalue weighted by molar-refractivity contribution is 7.09. The second-order valence-electron chi connectivity index (χ2n) is 4.43. The molecule has 0 bridgehead atoms. The van der Waals surface area contributed by atoms with Crippen LogP contribution in [0.25, 0.3) is 0 Å². The van der Waals surface area contributed by atoms with Crippen LogP contribution < -0.4 is 5.32 Å². The van der Waals surface area contributed by atoms with E-state index in [0.29, 0.717) is 0 Å². The third-order valence-corrected chi connectivity index (χ3v) is 4.13. The van der Waals surface area contributed by atoms with Gasteiger partial charge in [-0.2, -0.15) is 0 Å². The van der Waals surface area contributed by atoms with Gasteiger partial charge in [-0.25, -0.2) is 4.98 Å². The molecule has 2 unspecified atom stereocenters. The summed E-state index contributed by atoms with van der Waals surface area (Å²) in [5.74, 6) is 1.79. The summed E-state index contributed by atoms with van der Waals surface area (Å²) in [5, 5.41) is 6.93. The molecule has 0 aromatic carbocycles. The van der Waals surface area contributed by atoms with E-state index in [0.717, 1.165) is 11.8 Å². The smallest absolute Gasteiger partial charge is 0.0927 e. The fraction of sp³-hybridized carbons (Fsp3) is 0.750. The fourth-order valence-electron chi connectivity index (χ4n) is 2.22. The van der Waals surface area contributed by atoms with Crippen LogP contribution in [0.15, 0.2) is 11.6 Å². The number of nitrogens with one attached hydrogen (secondary N) is 1. The van der Waals surface area contributed by atoms with Gasteiger partial charge >= 0.3 is 0 Å². The summed E-state index contributed by atoms with van der Waals surface area (Å²) in [6.45, 7) is 4.60. The Morgan fingerprint density at radius 3 is 2.93 bits per heavy atom.